The summed E-state index contributed by atoms with van der Waals surface area (Å²) in [6.45, 7) is 0.581. The smallest absolute Gasteiger partial charge is 0.228 e. The van der Waals surface area contributed by atoms with Crippen molar-refractivity contribution in [2.75, 3.05) is 30.4 Å². The van der Waals surface area contributed by atoms with Gasteiger partial charge in [-0.2, -0.15) is 0 Å². The number of hydrogen-bond donors (Lipinski definition) is 0. The fourth-order valence-electron chi connectivity index (χ4n) is 1.99. The number of carbonyl (C=O) groups excluding carboxylic acids is 1. The van der Waals surface area contributed by atoms with Crippen LogP contribution in [-0.2, 0) is 4.79 Å². The highest BCUT2D eigenvalue weighted by Crippen LogP contribution is 2.34. The van der Waals surface area contributed by atoms with Gasteiger partial charge in [0.2, 0.25) is 5.91 Å². The van der Waals surface area contributed by atoms with Gasteiger partial charge in [0.1, 0.15) is 0 Å². The number of benzene rings is 1. The third-order valence-electron chi connectivity index (χ3n) is 2.79. The number of amides is 1. The molecule has 0 saturated carbocycles. The van der Waals surface area contributed by atoms with Gasteiger partial charge in [-0.05, 0) is 18.2 Å². The predicted octanol–water partition coefficient (Wildman–Crippen LogP) is 2.86. The first kappa shape index (κ1) is 12.7. The maximum atomic E-state index is 11.9. The van der Waals surface area contributed by atoms with Crippen LogP contribution in [0.25, 0.3) is 0 Å². The van der Waals surface area contributed by atoms with Crippen molar-refractivity contribution in [3.63, 3.8) is 0 Å². The zero-order valence-electron chi connectivity index (χ0n) is 9.78. The first-order chi connectivity index (χ1) is 7.99. The largest absolute Gasteiger partial charge is 0.376 e. The maximum Gasteiger partial charge on any atom is 0.228 e. The van der Waals surface area contributed by atoms with Crippen molar-refractivity contribution in [2.24, 2.45) is 0 Å². The Morgan fingerprint density at radius 1 is 1.47 bits per heavy atom. The minimum absolute atomic E-state index is 0.0866. The fourth-order valence-corrected chi connectivity index (χ4v) is 2.61. The topological polar surface area (TPSA) is 23.6 Å². The number of hydrogen-bond acceptors (Lipinski definition) is 2. The van der Waals surface area contributed by atoms with E-state index < -0.39 is 0 Å². The van der Waals surface area contributed by atoms with Crippen molar-refractivity contribution in [3.8, 4) is 0 Å². The van der Waals surface area contributed by atoms with Crippen LogP contribution in [0.5, 0.6) is 0 Å². The van der Waals surface area contributed by atoms with E-state index in [0.29, 0.717) is 13.0 Å². The molecule has 0 N–H and O–H groups in total. The first-order valence-corrected chi connectivity index (χ1v) is 6.63. The van der Waals surface area contributed by atoms with Gasteiger partial charge in [0.05, 0.1) is 16.8 Å². The Morgan fingerprint density at radius 2 is 2.18 bits per heavy atom. The Bertz CT molecular complexity index is 450. The molecule has 1 atom stereocenters. The van der Waals surface area contributed by atoms with Crippen LogP contribution < -0.4 is 9.80 Å². The van der Waals surface area contributed by atoms with Gasteiger partial charge in [-0.25, -0.2) is 0 Å². The van der Waals surface area contributed by atoms with Crippen molar-refractivity contribution in [1.82, 2.24) is 0 Å². The Labute approximate surface area is 114 Å². The molecule has 1 saturated heterocycles. The van der Waals surface area contributed by atoms with Gasteiger partial charge in [-0.15, -0.1) is 11.6 Å². The van der Waals surface area contributed by atoms with E-state index in [2.05, 4.69) is 15.9 Å². The normalized spacial score (nSPS) is 19.9. The summed E-state index contributed by atoms with van der Waals surface area (Å²) < 4.78 is 0.962. The number of halogens is 2. The Hall–Kier alpha value is -0.740. The number of alkyl halides is 1. The Balaban J connectivity index is 2.43. The lowest BCUT2D eigenvalue weighted by Crippen LogP contribution is -2.26. The molecule has 1 aromatic carbocycles. The lowest BCUT2D eigenvalue weighted by molar-refractivity contribution is -0.117. The second kappa shape index (κ2) is 4.86. The van der Waals surface area contributed by atoms with E-state index >= 15 is 0 Å². The molecule has 0 aliphatic carbocycles. The van der Waals surface area contributed by atoms with Gasteiger partial charge in [-0.1, -0.05) is 15.9 Å². The van der Waals surface area contributed by atoms with Crippen LogP contribution in [0.15, 0.2) is 22.7 Å². The molecule has 2 rings (SSSR count). The molecule has 17 heavy (non-hydrogen) atoms. The summed E-state index contributed by atoms with van der Waals surface area (Å²) in [5.74, 6) is 0.0891. The zero-order valence-corrected chi connectivity index (χ0v) is 12.1. The van der Waals surface area contributed by atoms with E-state index in [9.17, 15) is 4.79 Å². The average molecular weight is 318 g/mol. The van der Waals surface area contributed by atoms with Gasteiger partial charge in [0, 0.05) is 31.5 Å². The van der Waals surface area contributed by atoms with E-state index in [1.165, 1.54) is 0 Å². The number of anilines is 2. The standard InChI is InChI=1S/C12H14BrClN2O/c1-15(2)10-4-3-8(13)5-11(10)16-7-9(14)6-12(16)17/h3-5,9H,6-7H2,1-2H3. The molecule has 5 heteroatoms. The third-order valence-corrected chi connectivity index (χ3v) is 3.57. The molecule has 1 aliphatic rings. The lowest BCUT2D eigenvalue weighted by atomic mass is 10.2. The summed E-state index contributed by atoms with van der Waals surface area (Å²) >= 11 is 9.47. The van der Waals surface area contributed by atoms with E-state index in [-0.39, 0.29) is 11.3 Å². The number of rotatable bonds is 2. The minimum Gasteiger partial charge on any atom is -0.376 e. The molecule has 92 valence electrons. The van der Waals surface area contributed by atoms with Crippen molar-refractivity contribution < 1.29 is 4.79 Å². The van der Waals surface area contributed by atoms with Gasteiger partial charge in [0.15, 0.2) is 0 Å². The van der Waals surface area contributed by atoms with Crippen LogP contribution in [0, 0.1) is 0 Å². The van der Waals surface area contributed by atoms with Gasteiger partial charge < -0.3 is 9.80 Å². The van der Waals surface area contributed by atoms with E-state index in [1.54, 1.807) is 4.90 Å². The summed E-state index contributed by atoms with van der Waals surface area (Å²) in [6, 6.07) is 5.92. The Morgan fingerprint density at radius 3 is 2.71 bits per heavy atom. The summed E-state index contributed by atoms with van der Waals surface area (Å²) in [4.78, 5) is 15.6. The Kier molecular flexibility index (Phi) is 3.64. The highest BCUT2D eigenvalue weighted by atomic mass is 79.9. The molecule has 1 heterocycles. The molecule has 0 bridgehead atoms. The average Bonchev–Trinajstić information content (AvgIpc) is 2.57. The summed E-state index contributed by atoms with van der Waals surface area (Å²) in [5, 5.41) is -0.0866. The molecule has 0 spiro atoms. The monoisotopic (exact) mass is 316 g/mol. The van der Waals surface area contributed by atoms with Crippen LogP contribution >= 0.6 is 27.5 Å². The van der Waals surface area contributed by atoms with Crippen molar-refractivity contribution >= 4 is 44.8 Å². The number of nitrogens with zero attached hydrogens (tertiary/aromatic N) is 2. The van der Waals surface area contributed by atoms with Crippen LogP contribution in [-0.4, -0.2) is 31.9 Å². The first-order valence-electron chi connectivity index (χ1n) is 5.40. The molecule has 1 fully saturated rings. The molecule has 3 nitrogen and oxygen atoms in total. The summed E-state index contributed by atoms with van der Waals surface area (Å²) in [5.41, 5.74) is 1.94. The van der Waals surface area contributed by atoms with E-state index in [0.717, 1.165) is 15.8 Å². The van der Waals surface area contributed by atoms with E-state index in [4.69, 9.17) is 11.6 Å². The molecule has 1 aliphatic heterocycles. The van der Waals surface area contributed by atoms with E-state index in [1.807, 2.05) is 37.2 Å². The molecular formula is C12H14BrClN2O. The molecular weight excluding hydrogens is 304 g/mol. The maximum absolute atomic E-state index is 11.9. The molecule has 1 aromatic rings. The number of carbonyl (C=O) groups is 1. The second-order valence-corrected chi connectivity index (χ2v) is 5.87. The molecule has 0 aromatic heterocycles. The van der Waals surface area contributed by atoms with Gasteiger partial charge in [-0.3, -0.25) is 4.79 Å². The van der Waals surface area contributed by atoms with Crippen LogP contribution in [0.1, 0.15) is 6.42 Å². The minimum atomic E-state index is -0.0866. The van der Waals surface area contributed by atoms with Gasteiger partial charge in [0.25, 0.3) is 0 Å². The second-order valence-electron chi connectivity index (χ2n) is 4.33. The zero-order chi connectivity index (χ0) is 12.6. The van der Waals surface area contributed by atoms with Crippen LogP contribution in [0.3, 0.4) is 0 Å². The van der Waals surface area contributed by atoms with Gasteiger partial charge >= 0.3 is 0 Å². The third kappa shape index (κ3) is 2.58. The fraction of sp³-hybridized carbons (Fsp3) is 0.417. The summed E-state index contributed by atoms with van der Waals surface area (Å²) in [6.07, 6.45) is 0.418. The highest BCUT2D eigenvalue weighted by molar-refractivity contribution is 9.10. The molecule has 0 radical (unpaired) electrons. The van der Waals surface area contributed by atoms with Crippen LogP contribution in [0.4, 0.5) is 11.4 Å². The predicted molar refractivity (Wildman–Crippen MR) is 75.1 cm³/mol. The quantitative estimate of drug-likeness (QED) is 0.783. The van der Waals surface area contributed by atoms with Crippen molar-refractivity contribution in [3.05, 3.63) is 22.7 Å². The molecule has 1 unspecified atom stereocenters. The van der Waals surface area contributed by atoms with Crippen molar-refractivity contribution in [2.45, 2.75) is 11.8 Å². The SMILES string of the molecule is CN(C)c1ccc(Br)cc1N1CC(Cl)CC1=O. The summed E-state index contributed by atoms with van der Waals surface area (Å²) in [7, 11) is 3.93. The van der Waals surface area contributed by atoms with Crippen LogP contribution in [0.2, 0.25) is 0 Å². The van der Waals surface area contributed by atoms with Crippen molar-refractivity contribution in [1.29, 1.82) is 0 Å². The highest BCUT2D eigenvalue weighted by Gasteiger charge is 2.30. The lowest BCUT2D eigenvalue weighted by Gasteiger charge is -2.24. The molecule has 1 amide bonds.